The van der Waals surface area contributed by atoms with E-state index in [1.54, 1.807) is 0 Å². The molecule has 100 valence electrons. The van der Waals surface area contributed by atoms with E-state index in [-0.39, 0.29) is 0 Å². The van der Waals surface area contributed by atoms with Gasteiger partial charge >= 0.3 is 0 Å². The summed E-state index contributed by atoms with van der Waals surface area (Å²) >= 11 is 0. The Morgan fingerprint density at radius 1 is 1.32 bits per heavy atom. The number of aromatic nitrogens is 2. The van der Waals surface area contributed by atoms with Gasteiger partial charge in [-0.25, -0.2) is 4.98 Å². The summed E-state index contributed by atoms with van der Waals surface area (Å²) in [6.45, 7) is 3.14. The first-order valence-electron chi connectivity index (χ1n) is 7.10. The summed E-state index contributed by atoms with van der Waals surface area (Å²) in [6.07, 6.45) is 9.71. The molecule has 0 saturated heterocycles. The van der Waals surface area contributed by atoms with E-state index in [0.29, 0.717) is 12.1 Å². The third-order valence-corrected chi connectivity index (χ3v) is 4.20. The molecule has 3 rings (SSSR count). The molecule has 3 heteroatoms. The normalized spacial score (nSPS) is 22.8. The molecule has 1 aliphatic carbocycles. The number of hydrogen-bond donors (Lipinski definition) is 1. The van der Waals surface area contributed by atoms with Crippen molar-refractivity contribution in [2.75, 3.05) is 0 Å². The Balaban J connectivity index is 1.65. The van der Waals surface area contributed by atoms with Gasteiger partial charge in [-0.3, -0.25) is 0 Å². The Morgan fingerprint density at radius 3 is 3.00 bits per heavy atom. The van der Waals surface area contributed by atoms with Crippen LogP contribution in [0.4, 0.5) is 0 Å². The molecule has 3 nitrogen and oxygen atoms in total. The van der Waals surface area contributed by atoms with E-state index in [2.05, 4.69) is 52.3 Å². The van der Waals surface area contributed by atoms with Gasteiger partial charge in [0.2, 0.25) is 0 Å². The third-order valence-electron chi connectivity index (χ3n) is 4.20. The summed E-state index contributed by atoms with van der Waals surface area (Å²) in [5.74, 6) is 0. The number of imidazole rings is 1. The van der Waals surface area contributed by atoms with Gasteiger partial charge < -0.3 is 9.88 Å². The van der Waals surface area contributed by atoms with Crippen LogP contribution in [0.25, 0.3) is 0 Å². The minimum Gasteiger partial charge on any atom is -0.333 e. The van der Waals surface area contributed by atoms with E-state index in [0.717, 1.165) is 6.54 Å². The molecule has 0 bridgehead atoms. The standard InChI is InChI=1S/C16H21N3/c1-13-5-2-3-6-14(13)11-18-15-7-4-8-16(15)19-10-9-17-12-19/h2-3,5-6,9-10,12,15-16,18H,4,7-8,11H2,1H3. The first kappa shape index (κ1) is 12.4. The monoisotopic (exact) mass is 255 g/mol. The van der Waals surface area contributed by atoms with Crippen molar-refractivity contribution in [3.05, 3.63) is 54.1 Å². The number of nitrogens with zero attached hydrogens (tertiary/aromatic N) is 2. The van der Waals surface area contributed by atoms with Gasteiger partial charge in [0.25, 0.3) is 0 Å². The molecule has 1 aliphatic rings. The van der Waals surface area contributed by atoms with Gasteiger partial charge in [-0.15, -0.1) is 0 Å². The van der Waals surface area contributed by atoms with Gasteiger partial charge in [0, 0.05) is 31.0 Å². The summed E-state index contributed by atoms with van der Waals surface area (Å²) in [7, 11) is 0. The highest BCUT2D eigenvalue weighted by Gasteiger charge is 2.27. The van der Waals surface area contributed by atoms with Crippen molar-refractivity contribution < 1.29 is 0 Å². The topological polar surface area (TPSA) is 29.9 Å². The maximum absolute atomic E-state index is 4.17. The predicted molar refractivity (Wildman–Crippen MR) is 76.9 cm³/mol. The molecule has 0 radical (unpaired) electrons. The summed E-state index contributed by atoms with van der Waals surface area (Å²) in [6, 6.07) is 9.73. The van der Waals surface area contributed by atoms with E-state index >= 15 is 0 Å². The number of hydrogen-bond acceptors (Lipinski definition) is 2. The fraction of sp³-hybridized carbons (Fsp3) is 0.438. The Labute approximate surface area is 114 Å². The molecular formula is C16H21N3. The van der Waals surface area contributed by atoms with Crippen LogP contribution >= 0.6 is 0 Å². The van der Waals surface area contributed by atoms with E-state index in [9.17, 15) is 0 Å². The van der Waals surface area contributed by atoms with E-state index < -0.39 is 0 Å². The van der Waals surface area contributed by atoms with Gasteiger partial charge in [-0.05, 0) is 37.3 Å². The van der Waals surface area contributed by atoms with Crippen LogP contribution in [0.15, 0.2) is 43.0 Å². The number of aryl methyl sites for hydroxylation is 1. The minimum absolute atomic E-state index is 0.562. The van der Waals surface area contributed by atoms with Crippen LogP contribution in [0.5, 0.6) is 0 Å². The van der Waals surface area contributed by atoms with E-state index in [1.165, 1.54) is 30.4 Å². The molecule has 2 atom stereocenters. The van der Waals surface area contributed by atoms with Crippen molar-refractivity contribution in [3.63, 3.8) is 0 Å². The lowest BCUT2D eigenvalue weighted by Crippen LogP contribution is -2.33. The van der Waals surface area contributed by atoms with Crippen LogP contribution in [0.2, 0.25) is 0 Å². The molecule has 1 N–H and O–H groups in total. The first-order chi connectivity index (χ1) is 9.34. The second-order valence-corrected chi connectivity index (χ2v) is 5.42. The number of rotatable bonds is 4. The fourth-order valence-electron chi connectivity index (χ4n) is 3.05. The molecule has 0 amide bonds. The van der Waals surface area contributed by atoms with Crippen molar-refractivity contribution in [3.8, 4) is 0 Å². The highest BCUT2D eigenvalue weighted by Crippen LogP contribution is 2.30. The largest absolute Gasteiger partial charge is 0.333 e. The summed E-state index contributed by atoms with van der Waals surface area (Å²) in [5.41, 5.74) is 2.77. The Morgan fingerprint density at radius 2 is 2.21 bits per heavy atom. The minimum atomic E-state index is 0.562. The lowest BCUT2D eigenvalue weighted by molar-refractivity contribution is 0.390. The molecule has 0 aliphatic heterocycles. The zero-order valence-electron chi connectivity index (χ0n) is 11.4. The number of nitrogens with one attached hydrogen (secondary N) is 1. The van der Waals surface area contributed by atoms with Crippen LogP contribution in [0.1, 0.15) is 36.4 Å². The highest BCUT2D eigenvalue weighted by atomic mass is 15.1. The zero-order valence-corrected chi connectivity index (χ0v) is 11.4. The van der Waals surface area contributed by atoms with Gasteiger partial charge in [0.15, 0.2) is 0 Å². The number of benzene rings is 1. The van der Waals surface area contributed by atoms with Crippen LogP contribution in [-0.2, 0) is 6.54 Å². The summed E-state index contributed by atoms with van der Waals surface area (Å²) in [4.78, 5) is 4.17. The van der Waals surface area contributed by atoms with Gasteiger partial charge in [-0.1, -0.05) is 24.3 Å². The smallest absolute Gasteiger partial charge is 0.0949 e. The molecule has 0 spiro atoms. The molecule has 1 heterocycles. The predicted octanol–water partition coefficient (Wildman–Crippen LogP) is 3.07. The third kappa shape index (κ3) is 2.71. The average Bonchev–Trinajstić information content (AvgIpc) is 3.08. The maximum Gasteiger partial charge on any atom is 0.0949 e. The van der Waals surface area contributed by atoms with E-state index in [4.69, 9.17) is 0 Å². The lowest BCUT2D eigenvalue weighted by Gasteiger charge is -2.22. The molecule has 1 saturated carbocycles. The van der Waals surface area contributed by atoms with Crippen molar-refractivity contribution in [2.24, 2.45) is 0 Å². The highest BCUT2D eigenvalue weighted by molar-refractivity contribution is 5.25. The first-order valence-corrected chi connectivity index (χ1v) is 7.10. The zero-order chi connectivity index (χ0) is 13.1. The molecular weight excluding hydrogens is 234 g/mol. The second-order valence-electron chi connectivity index (χ2n) is 5.42. The van der Waals surface area contributed by atoms with Crippen molar-refractivity contribution in [1.82, 2.24) is 14.9 Å². The van der Waals surface area contributed by atoms with Crippen molar-refractivity contribution >= 4 is 0 Å². The SMILES string of the molecule is Cc1ccccc1CNC1CCCC1n1ccnc1. The van der Waals surface area contributed by atoms with E-state index in [1.807, 2.05) is 12.5 Å². The lowest BCUT2D eigenvalue weighted by atomic mass is 10.1. The Hall–Kier alpha value is -1.61. The van der Waals surface area contributed by atoms with Crippen LogP contribution in [0.3, 0.4) is 0 Å². The van der Waals surface area contributed by atoms with Gasteiger partial charge in [-0.2, -0.15) is 0 Å². The van der Waals surface area contributed by atoms with Gasteiger partial charge in [0.05, 0.1) is 6.33 Å². The molecule has 19 heavy (non-hydrogen) atoms. The van der Waals surface area contributed by atoms with Crippen molar-refractivity contribution in [2.45, 2.75) is 44.8 Å². The van der Waals surface area contributed by atoms with Crippen LogP contribution < -0.4 is 5.32 Å². The quantitative estimate of drug-likeness (QED) is 0.910. The summed E-state index contributed by atoms with van der Waals surface area (Å²) < 4.78 is 2.25. The maximum atomic E-state index is 4.17. The van der Waals surface area contributed by atoms with Crippen LogP contribution in [-0.4, -0.2) is 15.6 Å². The van der Waals surface area contributed by atoms with Crippen LogP contribution in [0, 0.1) is 6.92 Å². The molecule has 2 aromatic rings. The second kappa shape index (κ2) is 5.57. The Kier molecular flexibility index (Phi) is 3.65. The molecule has 1 aromatic heterocycles. The van der Waals surface area contributed by atoms with Crippen molar-refractivity contribution in [1.29, 1.82) is 0 Å². The fourth-order valence-corrected chi connectivity index (χ4v) is 3.05. The molecule has 1 aromatic carbocycles. The average molecular weight is 255 g/mol. The summed E-state index contributed by atoms with van der Waals surface area (Å²) in [5, 5.41) is 3.73. The molecule has 1 fully saturated rings. The molecule has 2 unspecified atom stereocenters. The Bertz CT molecular complexity index is 519. The van der Waals surface area contributed by atoms with Gasteiger partial charge in [0.1, 0.15) is 0 Å².